The van der Waals surface area contributed by atoms with Gasteiger partial charge < -0.3 is 14.6 Å². The topological polar surface area (TPSA) is 125 Å². The number of nitrogens with one attached hydrogen (secondary N) is 1. The van der Waals surface area contributed by atoms with Crippen molar-refractivity contribution in [1.29, 1.82) is 0 Å². The average molecular weight is 507 g/mol. The third-order valence-electron chi connectivity index (χ3n) is 6.15. The van der Waals surface area contributed by atoms with Crippen LogP contribution < -0.4 is 5.32 Å². The maximum atomic E-state index is 13.6. The number of benzene rings is 1. The molecule has 0 bridgehead atoms. The number of hydrogen-bond acceptors (Lipinski definition) is 8. The molecule has 2 heterocycles. The number of hydrogen-bond donors (Lipinski definition) is 1. The van der Waals surface area contributed by atoms with Crippen LogP contribution in [-0.4, -0.2) is 52.7 Å². The van der Waals surface area contributed by atoms with E-state index >= 15 is 0 Å². The van der Waals surface area contributed by atoms with Crippen LogP contribution in [-0.2, 0) is 30.1 Å². The van der Waals surface area contributed by atoms with Crippen molar-refractivity contribution in [3.63, 3.8) is 0 Å². The summed E-state index contributed by atoms with van der Waals surface area (Å²) in [4.78, 5) is 59.2. The van der Waals surface area contributed by atoms with E-state index in [9.17, 15) is 19.2 Å². The molecule has 1 aliphatic rings. The number of aromatic nitrogens is 2. The Hall–Kier alpha value is -3.40. The molecule has 1 amide bonds. The molecule has 1 aromatic heterocycles. The smallest absolute Gasteiger partial charge is 0.509 e. The van der Waals surface area contributed by atoms with Gasteiger partial charge in [-0.15, -0.1) is 0 Å². The van der Waals surface area contributed by atoms with Gasteiger partial charge in [0.25, 0.3) is 11.9 Å². The first-order chi connectivity index (χ1) is 17.8. The van der Waals surface area contributed by atoms with E-state index in [1.807, 2.05) is 51.1 Å². The highest BCUT2D eigenvalue weighted by Crippen LogP contribution is 2.31. The molecular weight excluding hydrogens is 473 g/mol. The minimum atomic E-state index is -1.01. The van der Waals surface area contributed by atoms with Gasteiger partial charge in [-0.25, -0.2) is 4.98 Å². The summed E-state index contributed by atoms with van der Waals surface area (Å²) < 4.78 is 11.4. The van der Waals surface area contributed by atoms with Gasteiger partial charge in [-0.2, -0.15) is 0 Å². The zero-order valence-electron chi connectivity index (χ0n) is 21.6. The molecule has 10 heteroatoms. The van der Waals surface area contributed by atoms with Crippen molar-refractivity contribution in [3.05, 3.63) is 60.2 Å². The highest BCUT2D eigenvalue weighted by Gasteiger charge is 2.44. The van der Waals surface area contributed by atoms with Crippen LogP contribution in [0.2, 0.25) is 5.82 Å². The third-order valence-corrected chi connectivity index (χ3v) is 6.15. The van der Waals surface area contributed by atoms with E-state index in [0.717, 1.165) is 5.56 Å². The molecule has 1 saturated heterocycles. The van der Waals surface area contributed by atoms with Crippen LogP contribution in [0, 0.1) is 5.92 Å². The van der Waals surface area contributed by atoms with Crippen molar-refractivity contribution in [1.82, 2.24) is 15.3 Å². The average Bonchev–Trinajstić information content (AvgIpc) is 2.88. The molecule has 0 aliphatic carbocycles. The molecule has 9 nitrogen and oxygen atoms in total. The number of nitrogens with zero attached hydrogens (tertiary/aromatic N) is 2. The summed E-state index contributed by atoms with van der Waals surface area (Å²) >= 11 is 0. The monoisotopic (exact) mass is 507 g/mol. The van der Waals surface area contributed by atoms with Gasteiger partial charge in [-0.3, -0.25) is 24.2 Å². The fourth-order valence-electron chi connectivity index (χ4n) is 4.41. The Kier molecular flexibility index (Phi) is 10.5. The summed E-state index contributed by atoms with van der Waals surface area (Å²) in [7, 11) is -1.01. The van der Waals surface area contributed by atoms with Gasteiger partial charge in [0.1, 0.15) is 11.8 Å². The SMILES string of the molecule is CCCC(=O)[C@H]1CC(=O)OB([C@@H](CC(=O)[C@H](Cc2ccccc2)NC(=O)c2cnccn2)CC(C)C)O1. The van der Waals surface area contributed by atoms with E-state index in [-0.39, 0.29) is 42.4 Å². The molecule has 0 spiro atoms. The zero-order chi connectivity index (χ0) is 26.8. The predicted octanol–water partition coefficient (Wildman–Crippen LogP) is 3.38. The second-order valence-corrected chi connectivity index (χ2v) is 9.77. The van der Waals surface area contributed by atoms with Crippen molar-refractivity contribution >= 4 is 30.6 Å². The van der Waals surface area contributed by atoms with Crippen LogP contribution >= 0.6 is 0 Å². The van der Waals surface area contributed by atoms with E-state index in [0.29, 0.717) is 19.3 Å². The molecule has 0 saturated carbocycles. The van der Waals surface area contributed by atoms with Crippen LogP contribution in [0.25, 0.3) is 0 Å². The normalized spacial score (nSPS) is 17.1. The lowest BCUT2D eigenvalue weighted by molar-refractivity contribution is -0.148. The van der Waals surface area contributed by atoms with Crippen LogP contribution in [0.15, 0.2) is 48.9 Å². The molecule has 0 radical (unpaired) electrons. The van der Waals surface area contributed by atoms with E-state index in [1.54, 1.807) is 0 Å². The van der Waals surface area contributed by atoms with Gasteiger partial charge in [0.05, 0.1) is 18.7 Å². The summed E-state index contributed by atoms with van der Waals surface area (Å²) in [5, 5.41) is 2.80. The highest BCUT2D eigenvalue weighted by molar-refractivity contribution is 6.50. The van der Waals surface area contributed by atoms with E-state index in [1.165, 1.54) is 18.6 Å². The molecule has 37 heavy (non-hydrogen) atoms. The Labute approximate surface area is 217 Å². The van der Waals surface area contributed by atoms with Crippen molar-refractivity contribution in [2.24, 2.45) is 5.92 Å². The predicted molar refractivity (Wildman–Crippen MR) is 138 cm³/mol. The van der Waals surface area contributed by atoms with Gasteiger partial charge >= 0.3 is 7.12 Å². The minimum absolute atomic E-state index is 0.00304. The molecule has 196 valence electrons. The Morgan fingerprint density at radius 1 is 1.16 bits per heavy atom. The van der Waals surface area contributed by atoms with Crippen molar-refractivity contribution in [2.45, 2.75) is 77.3 Å². The molecule has 1 aromatic carbocycles. The largest absolute Gasteiger partial charge is 0.531 e. The van der Waals surface area contributed by atoms with E-state index < -0.39 is 37.0 Å². The van der Waals surface area contributed by atoms with E-state index in [4.69, 9.17) is 9.31 Å². The molecule has 1 aliphatic heterocycles. The summed E-state index contributed by atoms with van der Waals surface area (Å²) in [6, 6.07) is 8.54. The van der Waals surface area contributed by atoms with Crippen LogP contribution in [0.1, 0.15) is 68.9 Å². The number of rotatable bonds is 13. The van der Waals surface area contributed by atoms with Gasteiger partial charge in [0, 0.05) is 31.1 Å². The molecule has 1 fully saturated rings. The zero-order valence-corrected chi connectivity index (χ0v) is 21.6. The number of carbonyl (C=O) groups is 4. The molecule has 3 atom stereocenters. The fraction of sp³-hybridized carbons (Fsp3) is 0.481. The minimum Gasteiger partial charge on any atom is -0.509 e. The second kappa shape index (κ2) is 13.8. The lowest BCUT2D eigenvalue weighted by Crippen LogP contribution is -2.47. The number of ketones is 2. The number of Topliss-reactive ketones (excluding diaryl/α,β-unsaturated/α-hetero) is 2. The van der Waals surface area contributed by atoms with Crippen LogP contribution in [0.3, 0.4) is 0 Å². The fourth-order valence-corrected chi connectivity index (χ4v) is 4.41. The summed E-state index contributed by atoms with van der Waals surface area (Å²) in [5.41, 5.74) is 0.986. The second-order valence-electron chi connectivity index (χ2n) is 9.77. The Morgan fingerprint density at radius 3 is 2.57 bits per heavy atom. The van der Waals surface area contributed by atoms with Crippen molar-refractivity contribution < 1.29 is 28.5 Å². The molecule has 1 N–H and O–H groups in total. The third kappa shape index (κ3) is 8.60. The molecule has 3 rings (SSSR count). The lowest BCUT2D eigenvalue weighted by atomic mass is 9.64. The van der Waals surface area contributed by atoms with Gasteiger partial charge in [0.2, 0.25) is 0 Å². The quantitative estimate of drug-likeness (QED) is 0.409. The first-order valence-corrected chi connectivity index (χ1v) is 12.8. The van der Waals surface area contributed by atoms with Crippen molar-refractivity contribution in [2.75, 3.05) is 0 Å². The Bertz CT molecular complexity index is 1070. The molecule has 0 unspecified atom stereocenters. The Morgan fingerprint density at radius 2 is 1.92 bits per heavy atom. The maximum absolute atomic E-state index is 13.6. The van der Waals surface area contributed by atoms with Crippen LogP contribution in [0.5, 0.6) is 0 Å². The summed E-state index contributed by atoms with van der Waals surface area (Å²) in [6.45, 7) is 5.89. The number of carbonyl (C=O) groups excluding carboxylic acids is 4. The van der Waals surface area contributed by atoms with E-state index in [2.05, 4.69) is 15.3 Å². The maximum Gasteiger partial charge on any atom is 0.531 e. The lowest BCUT2D eigenvalue weighted by Gasteiger charge is -2.32. The standard InChI is InChI=1S/C27H34BN3O6/c1-4-8-23(32)25-16-26(34)37-28(36-25)20(13-18(2)3)15-24(33)21(14-19-9-6-5-7-10-19)31-27(35)22-17-29-11-12-30-22/h5-7,9-12,17-18,20-21,25H,4,8,13-16H2,1-3H3,(H,31,35)/t20-,21+,25-/m1/s1. The van der Waals surface area contributed by atoms with Crippen molar-refractivity contribution in [3.8, 4) is 0 Å². The summed E-state index contributed by atoms with van der Waals surface area (Å²) in [5.74, 6) is -1.68. The highest BCUT2D eigenvalue weighted by atomic mass is 16.6. The Balaban J connectivity index is 1.80. The molecular formula is C27H34BN3O6. The number of amides is 1. The van der Waals surface area contributed by atoms with Gasteiger partial charge in [-0.1, -0.05) is 51.1 Å². The first-order valence-electron chi connectivity index (χ1n) is 12.8. The van der Waals surface area contributed by atoms with Gasteiger partial charge in [-0.05, 0) is 30.7 Å². The van der Waals surface area contributed by atoms with Gasteiger partial charge in [0.15, 0.2) is 11.6 Å². The first kappa shape index (κ1) is 28.2. The molecule has 2 aromatic rings. The van der Waals surface area contributed by atoms with Crippen LogP contribution in [0.4, 0.5) is 0 Å². The summed E-state index contributed by atoms with van der Waals surface area (Å²) in [6.07, 6.45) is 5.00.